The highest BCUT2D eigenvalue weighted by molar-refractivity contribution is 6.74. The van der Waals surface area contributed by atoms with Crippen molar-refractivity contribution in [2.75, 3.05) is 6.61 Å². The zero-order valence-corrected chi connectivity index (χ0v) is 23.7. The normalized spacial score (nSPS) is 22.3. The van der Waals surface area contributed by atoms with Crippen LogP contribution in [0.15, 0.2) is 42.5 Å². The average Bonchev–Trinajstić information content (AvgIpc) is 3.49. The lowest BCUT2D eigenvalue weighted by molar-refractivity contribution is 0.00578. The van der Waals surface area contributed by atoms with E-state index in [0.29, 0.717) is 11.7 Å². The topological polar surface area (TPSA) is 27.7 Å². The summed E-state index contributed by atoms with van der Waals surface area (Å²) in [6, 6.07) is 10.9. The summed E-state index contributed by atoms with van der Waals surface area (Å²) in [5.74, 6) is 1.16. The molecule has 0 amide bonds. The van der Waals surface area contributed by atoms with Crippen molar-refractivity contribution in [3.8, 4) is 0 Å². The molecule has 2 aliphatic rings. The SMILES string of the molecule is C=C(CCCO[Si](C)(C)C(C)(C)C)C(c1ccccc1)[C@H](B1OC(C)(C)C(C)(C)O1)C1CC1. The van der Waals surface area contributed by atoms with Crippen molar-refractivity contribution in [3.63, 3.8) is 0 Å². The van der Waals surface area contributed by atoms with Crippen molar-refractivity contribution in [3.05, 3.63) is 48.0 Å². The van der Waals surface area contributed by atoms with Crippen molar-refractivity contribution < 1.29 is 13.7 Å². The summed E-state index contributed by atoms with van der Waals surface area (Å²) in [4.78, 5) is 0. The summed E-state index contributed by atoms with van der Waals surface area (Å²) < 4.78 is 19.7. The molecule has 1 aromatic carbocycles. The molecule has 1 aliphatic carbocycles. The van der Waals surface area contributed by atoms with Crippen LogP contribution in [0, 0.1) is 5.92 Å². The highest BCUT2D eigenvalue weighted by Crippen LogP contribution is 2.56. The Morgan fingerprint density at radius 3 is 2.12 bits per heavy atom. The Morgan fingerprint density at radius 2 is 1.64 bits per heavy atom. The maximum absolute atomic E-state index is 6.61. The van der Waals surface area contributed by atoms with Gasteiger partial charge in [0.25, 0.3) is 0 Å². The highest BCUT2D eigenvalue weighted by atomic mass is 28.4. The van der Waals surface area contributed by atoms with Crippen molar-refractivity contribution in [1.82, 2.24) is 0 Å². The minimum atomic E-state index is -1.72. The summed E-state index contributed by atoms with van der Waals surface area (Å²) in [5.41, 5.74) is 1.99. The van der Waals surface area contributed by atoms with Gasteiger partial charge in [-0.1, -0.05) is 76.1 Å². The van der Waals surface area contributed by atoms with E-state index < -0.39 is 8.32 Å². The molecule has 3 rings (SSSR count). The van der Waals surface area contributed by atoms with Gasteiger partial charge in [0.1, 0.15) is 0 Å². The lowest BCUT2D eigenvalue weighted by Crippen LogP contribution is -2.41. The van der Waals surface area contributed by atoms with E-state index in [0.717, 1.165) is 19.4 Å². The molecule has 0 aromatic heterocycles. The molecule has 0 spiro atoms. The molecule has 1 saturated carbocycles. The molecule has 3 nitrogen and oxygen atoms in total. The van der Waals surface area contributed by atoms with E-state index in [1.165, 1.54) is 24.0 Å². The first-order valence-corrected chi connectivity index (χ1v) is 15.8. The monoisotopic (exact) mass is 470 g/mol. The Balaban J connectivity index is 1.77. The number of benzene rings is 1. The van der Waals surface area contributed by atoms with Gasteiger partial charge in [0.05, 0.1) is 11.2 Å². The van der Waals surface area contributed by atoms with E-state index in [1.807, 2.05) is 0 Å². The number of rotatable bonds is 10. The van der Waals surface area contributed by atoms with E-state index in [-0.39, 0.29) is 29.3 Å². The van der Waals surface area contributed by atoms with Gasteiger partial charge in [-0.05, 0) is 70.2 Å². The molecule has 0 N–H and O–H groups in total. The first kappa shape index (κ1) is 26.7. The highest BCUT2D eigenvalue weighted by Gasteiger charge is 2.58. The molecular weight excluding hydrogens is 423 g/mol. The first-order chi connectivity index (χ1) is 15.2. The molecule has 0 radical (unpaired) electrons. The quantitative estimate of drug-likeness (QED) is 0.197. The molecule has 2 fully saturated rings. The van der Waals surface area contributed by atoms with Crippen LogP contribution in [0.2, 0.25) is 23.9 Å². The third kappa shape index (κ3) is 6.04. The molecule has 2 atom stereocenters. The second kappa shape index (κ2) is 9.64. The predicted octanol–water partition coefficient (Wildman–Crippen LogP) is 8.00. The second-order valence-corrected chi connectivity index (χ2v) is 17.6. The Morgan fingerprint density at radius 1 is 1.09 bits per heavy atom. The maximum atomic E-state index is 6.61. The maximum Gasteiger partial charge on any atom is 0.462 e. The lowest BCUT2D eigenvalue weighted by Gasteiger charge is -2.36. The molecule has 1 aliphatic heterocycles. The van der Waals surface area contributed by atoms with Crippen LogP contribution in [0.4, 0.5) is 0 Å². The minimum Gasteiger partial charge on any atom is -0.417 e. The summed E-state index contributed by atoms with van der Waals surface area (Å²) >= 11 is 0. The van der Waals surface area contributed by atoms with E-state index in [1.54, 1.807) is 0 Å². The van der Waals surface area contributed by atoms with E-state index in [4.69, 9.17) is 13.7 Å². The third-order valence-corrected chi connectivity index (χ3v) is 13.2. The van der Waals surface area contributed by atoms with Crippen molar-refractivity contribution in [2.45, 2.75) is 115 Å². The Labute approximate surface area is 204 Å². The van der Waals surface area contributed by atoms with Gasteiger partial charge in [0.2, 0.25) is 0 Å². The fourth-order valence-electron chi connectivity index (χ4n) is 4.57. The summed E-state index contributed by atoms with van der Waals surface area (Å²) in [5, 5.41) is 0.240. The van der Waals surface area contributed by atoms with Crippen molar-refractivity contribution >= 4 is 15.4 Å². The Kier molecular flexibility index (Phi) is 7.81. The Hall–Kier alpha value is -0.878. The van der Waals surface area contributed by atoms with Gasteiger partial charge < -0.3 is 13.7 Å². The van der Waals surface area contributed by atoms with Gasteiger partial charge in [-0.25, -0.2) is 0 Å². The molecule has 1 unspecified atom stereocenters. The van der Waals surface area contributed by atoms with Crippen LogP contribution < -0.4 is 0 Å². The van der Waals surface area contributed by atoms with Crippen molar-refractivity contribution in [2.24, 2.45) is 5.92 Å². The molecule has 1 aromatic rings. The van der Waals surface area contributed by atoms with Crippen LogP contribution in [0.25, 0.3) is 0 Å². The zero-order valence-electron chi connectivity index (χ0n) is 22.7. The molecular formula is C28H47BO3Si. The van der Waals surface area contributed by atoms with Gasteiger partial charge in [-0.3, -0.25) is 0 Å². The molecule has 1 saturated heterocycles. The number of hydrogen-bond acceptors (Lipinski definition) is 3. The molecule has 1 heterocycles. The van der Waals surface area contributed by atoms with Gasteiger partial charge in [-0.2, -0.15) is 0 Å². The predicted molar refractivity (Wildman–Crippen MR) is 143 cm³/mol. The van der Waals surface area contributed by atoms with Gasteiger partial charge in [0.15, 0.2) is 8.32 Å². The van der Waals surface area contributed by atoms with Crippen LogP contribution in [0.3, 0.4) is 0 Å². The number of allylic oxidation sites excluding steroid dienone is 1. The molecule has 0 bridgehead atoms. The number of hydrogen-bond donors (Lipinski definition) is 0. The van der Waals surface area contributed by atoms with Crippen LogP contribution in [0.1, 0.15) is 85.6 Å². The smallest absolute Gasteiger partial charge is 0.417 e. The first-order valence-electron chi connectivity index (χ1n) is 12.9. The second-order valence-electron chi connectivity index (χ2n) is 12.8. The standard InChI is InChI=1S/C28H47BO3Si/c1-21(15-14-20-30-33(9,10)26(2,3)4)24(22-16-12-11-13-17-22)25(23-18-19-23)29-31-27(5,6)28(7,8)32-29/h11-13,16-17,23-25H,1,14-15,18-20H2,2-10H3/t24?,25-/m1/s1. The van der Waals surface area contributed by atoms with Gasteiger partial charge in [0, 0.05) is 18.3 Å². The fourth-order valence-corrected chi connectivity index (χ4v) is 5.66. The van der Waals surface area contributed by atoms with Crippen LogP contribution in [0.5, 0.6) is 0 Å². The van der Waals surface area contributed by atoms with E-state index in [9.17, 15) is 0 Å². The third-order valence-electron chi connectivity index (χ3n) is 8.65. The largest absolute Gasteiger partial charge is 0.462 e. The molecule has 184 valence electrons. The average molecular weight is 471 g/mol. The zero-order chi connectivity index (χ0) is 24.7. The van der Waals surface area contributed by atoms with Crippen LogP contribution in [-0.2, 0) is 13.7 Å². The van der Waals surface area contributed by atoms with Gasteiger partial charge >= 0.3 is 7.12 Å². The summed E-state index contributed by atoms with van der Waals surface area (Å²) in [6.07, 6.45) is 4.48. The van der Waals surface area contributed by atoms with Gasteiger partial charge in [-0.15, -0.1) is 0 Å². The van der Waals surface area contributed by atoms with Crippen LogP contribution >= 0.6 is 0 Å². The lowest BCUT2D eigenvalue weighted by atomic mass is 9.58. The van der Waals surface area contributed by atoms with E-state index in [2.05, 4.69) is 98.5 Å². The fraction of sp³-hybridized carbons (Fsp3) is 0.714. The Bertz CT molecular complexity index is 792. The molecule has 5 heteroatoms. The molecule has 33 heavy (non-hydrogen) atoms. The van der Waals surface area contributed by atoms with Crippen molar-refractivity contribution in [1.29, 1.82) is 0 Å². The van der Waals surface area contributed by atoms with Crippen LogP contribution in [-0.4, -0.2) is 33.2 Å². The summed E-state index contributed by atoms with van der Waals surface area (Å²) in [7, 11) is -1.92. The summed E-state index contributed by atoms with van der Waals surface area (Å²) in [6.45, 7) is 25.6. The van der Waals surface area contributed by atoms with E-state index >= 15 is 0 Å². The minimum absolute atomic E-state index is 0.201.